The van der Waals surface area contributed by atoms with E-state index in [-0.39, 0.29) is 18.1 Å². The third kappa shape index (κ3) is 5.97. The van der Waals surface area contributed by atoms with Crippen LogP contribution in [-0.4, -0.2) is 24.7 Å². The zero-order valence-corrected chi connectivity index (χ0v) is 17.0. The summed E-state index contributed by atoms with van der Waals surface area (Å²) in [6, 6.07) is -0.0516. The van der Waals surface area contributed by atoms with Crippen molar-refractivity contribution in [3.8, 4) is 0 Å². The third-order valence-corrected chi connectivity index (χ3v) is 7.25. The van der Waals surface area contributed by atoms with Crippen molar-refractivity contribution in [3.63, 3.8) is 0 Å². The molecule has 1 atom stereocenters. The summed E-state index contributed by atoms with van der Waals surface area (Å²) in [7, 11) is 0. The summed E-state index contributed by atoms with van der Waals surface area (Å²) < 4.78 is 5.91. The summed E-state index contributed by atoms with van der Waals surface area (Å²) in [5.41, 5.74) is 0. The molecule has 0 spiro atoms. The lowest BCUT2D eigenvalue weighted by molar-refractivity contribution is -0.153. The number of ether oxygens (including phenoxy) is 1. The zero-order valence-electron chi connectivity index (χ0n) is 17.0. The van der Waals surface area contributed by atoms with Gasteiger partial charge in [0.1, 0.15) is 12.1 Å². The van der Waals surface area contributed by atoms with E-state index in [0.717, 1.165) is 31.2 Å². The summed E-state index contributed by atoms with van der Waals surface area (Å²) in [6.07, 6.45) is 19.3. The number of hydrogen-bond donors (Lipinski definition) is 1. The van der Waals surface area contributed by atoms with Crippen LogP contribution in [0.25, 0.3) is 0 Å². The van der Waals surface area contributed by atoms with Crippen LogP contribution in [0.5, 0.6) is 0 Å². The van der Waals surface area contributed by atoms with Gasteiger partial charge in [0, 0.05) is 0 Å². The van der Waals surface area contributed by atoms with E-state index in [1.807, 2.05) is 0 Å². The van der Waals surface area contributed by atoms with Crippen molar-refractivity contribution in [1.82, 2.24) is 5.32 Å². The second-order valence-corrected chi connectivity index (χ2v) is 9.30. The van der Waals surface area contributed by atoms with Gasteiger partial charge in [0.2, 0.25) is 0 Å². The first kappa shape index (κ1) is 20.2. The van der Waals surface area contributed by atoms with Gasteiger partial charge >= 0.3 is 5.97 Å². The van der Waals surface area contributed by atoms with Crippen LogP contribution in [0.15, 0.2) is 0 Å². The fraction of sp³-hybridized carbons (Fsp3) is 0.957. The van der Waals surface area contributed by atoms with Gasteiger partial charge in [0.15, 0.2) is 0 Å². The van der Waals surface area contributed by atoms with Gasteiger partial charge < -0.3 is 10.1 Å². The molecule has 3 heteroatoms. The number of esters is 1. The maximum Gasteiger partial charge on any atom is 0.323 e. The fourth-order valence-electron chi connectivity index (χ4n) is 5.58. The maximum absolute atomic E-state index is 12.9. The van der Waals surface area contributed by atoms with E-state index in [9.17, 15) is 4.79 Å². The van der Waals surface area contributed by atoms with Gasteiger partial charge in [0.05, 0.1) is 0 Å². The quantitative estimate of drug-likeness (QED) is 0.569. The Morgan fingerprint density at radius 3 is 2.15 bits per heavy atom. The predicted octanol–water partition coefficient (Wildman–Crippen LogP) is 5.62. The number of rotatable bonds is 8. The molecule has 0 radical (unpaired) electrons. The Morgan fingerprint density at radius 1 is 0.885 bits per heavy atom. The van der Waals surface area contributed by atoms with Crippen LogP contribution in [0.2, 0.25) is 0 Å². The Morgan fingerprint density at radius 2 is 1.50 bits per heavy atom. The molecule has 0 unspecified atom stereocenters. The first-order valence-corrected chi connectivity index (χ1v) is 11.7. The number of carbonyl (C=O) groups excluding carboxylic acids is 1. The molecule has 0 aliphatic heterocycles. The maximum atomic E-state index is 12.9. The van der Waals surface area contributed by atoms with E-state index in [2.05, 4.69) is 12.2 Å². The van der Waals surface area contributed by atoms with Crippen molar-refractivity contribution >= 4 is 5.97 Å². The summed E-state index contributed by atoms with van der Waals surface area (Å²) in [5.74, 6) is 2.27. The van der Waals surface area contributed by atoms with Crippen molar-refractivity contribution in [2.24, 2.45) is 17.8 Å². The molecule has 0 heterocycles. The normalized spacial score (nSPS) is 29.6. The third-order valence-electron chi connectivity index (χ3n) is 7.25. The Balaban J connectivity index is 1.49. The molecule has 3 fully saturated rings. The largest absolute Gasteiger partial charge is 0.461 e. The molecule has 26 heavy (non-hydrogen) atoms. The molecule has 3 nitrogen and oxygen atoms in total. The average Bonchev–Trinajstić information content (AvgIpc) is 3.17. The predicted molar refractivity (Wildman–Crippen MR) is 107 cm³/mol. The molecule has 3 saturated carbocycles. The lowest BCUT2D eigenvalue weighted by Crippen LogP contribution is -2.47. The molecule has 1 N–H and O–H groups in total. The first-order chi connectivity index (χ1) is 12.8. The second kappa shape index (κ2) is 10.7. The molecule has 3 rings (SSSR count). The van der Waals surface area contributed by atoms with E-state index >= 15 is 0 Å². The molecule has 0 aromatic heterocycles. The highest BCUT2D eigenvalue weighted by Crippen LogP contribution is 2.32. The fourth-order valence-corrected chi connectivity index (χ4v) is 5.58. The Bertz CT molecular complexity index is 404. The molecular formula is C23H41NO2. The van der Waals surface area contributed by atoms with Crippen molar-refractivity contribution < 1.29 is 9.53 Å². The highest BCUT2D eigenvalue weighted by molar-refractivity contribution is 5.76. The van der Waals surface area contributed by atoms with Crippen LogP contribution in [0.4, 0.5) is 0 Å². The van der Waals surface area contributed by atoms with Crippen LogP contribution in [0.3, 0.4) is 0 Å². The van der Waals surface area contributed by atoms with Crippen LogP contribution in [-0.2, 0) is 9.53 Å². The van der Waals surface area contributed by atoms with Gasteiger partial charge in [-0.1, -0.05) is 51.9 Å². The first-order valence-electron chi connectivity index (χ1n) is 11.7. The van der Waals surface area contributed by atoms with Crippen LogP contribution < -0.4 is 5.32 Å². The second-order valence-electron chi connectivity index (χ2n) is 9.30. The lowest BCUT2D eigenvalue weighted by atomic mass is 9.79. The van der Waals surface area contributed by atoms with Crippen molar-refractivity contribution in [2.75, 3.05) is 6.54 Å². The molecule has 0 amide bonds. The average molecular weight is 364 g/mol. The number of carbonyl (C=O) groups is 1. The molecule has 0 saturated heterocycles. The number of nitrogens with one attached hydrogen (secondary N) is 1. The van der Waals surface area contributed by atoms with Crippen molar-refractivity contribution in [2.45, 2.75) is 115 Å². The highest BCUT2D eigenvalue weighted by atomic mass is 16.5. The number of hydrogen-bond acceptors (Lipinski definition) is 3. The van der Waals surface area contributed by atoms with E-state index < -0.39 is 0 Å². The Labute approximate surface area is 161 Å². The van der Waals surface area contributed by atoms with Gasteiger partial charge in [-0.3, -0.25) is 4.79 Å². The minimum atomic E-state index is -0.0516. The lowest BCUT2D eigenvalue weighted by Gasteiger charge is -2.33. The van der Waals surface area contributed by atoms with E-state index in [4.69, 9.17) is 4.74 Å². The molecule has 3 aliphatic carbocycles. The van der Waals surface area contributed by atoms with E-state index in [1.165, 1.54) is 83.5 Å². The molecule has 150 valence electrons. The molecule has 0 bridgehead atoms. The van der Waals surface area contributed by atoms with Crippen LogP contribution in [0.1, 0.15) is 103 Å². The Kier molecular flexibility index (Phi) is 8.29. The topological polar surface area (TPSA) is 38.3 Å². The van der Waals surface area contributed by atoms with Gasteiger partial charge in [-0.15, -0.1) is 0 Å². The monoisotopic (exact) mass is 363 g/mol. The van der Waals surface area contributed by atoms with Gasteiger partial charge in [0.25, 0.3) is 0 Å². The smallest absolute Gasteiger partial charge is 0.323 e. The highest BCUT2D eigenvalue weighted by Gasteiger charge is 2.33. The minimum Gasteiger partial charge on any atom is -0.461 e. The van der Waals surface area contributed by atoms with Gasteiger partial charge in [-0.05, 0) is 75.7 Å². The van der Waals surface area contributed by atoms with Crippen LogP contribution in [0, 0.1) is 17.8 Å². The van der Waals surface area contributed by atoms with Gasteiger partial charge in [-0.2, -0.15) is 0 Å². The summed E-state index contributed by atoms with van der Waals surface area (Å²) in [4.78, 5) is 12.9. The zero-order chi connectivity index (χ0) is 18.2. The summed E-state index contributed by atoms with van der Waals surface area (Å²) >= 11 is 0. The standard InChI is InChI=1S/C23H41NO2/c1-2-8-18-13-15-19(16-14-18)17-24-22(20-9-4-3-5-10-20)23(25)26-21-11-6-7-12-21/h18-22,24H,2-17H2,1H3/t18?,19?,22-/m0/s1. The van der Waals surface area contributed by atoms with E-state index in [1.54, 1.807) is 0 Å². The minimum absolute atomic E-state index is 0.0516. The Hall–Kier alpha value is -0.570. The molecular weight excluding hydrogens is 322 g/mol. The SMILES string of the molecule is CCCC1CCC(CN[C@H](C(=O)OC2CCCC2)C2CCCCC2)CC1. The van der Waals surface area contributed by atoms with Crippen molar-refractivity contribution in [1.29, 1.82) is 0 Å². The van der Waals surface area contributed by atoms with Gasteiger partial charge in [-0.25, -0.2) is 0 Å². The molecule has 3 aliphatic rings. The van der Waals surface area contributed by atoms with Crippen LogP contribution >= 0.6 is 0 Å². The molecule has 0 aromatic carbocycles. The van der Waals surface area contributed by atoms with E-state index in [0.29, 0.717) is 5.92 Å². The summed E-state index contributed by atoms with van der Waals surface area (Å²) in [5, 5.41) is 3.71. The molecule has 0 aromatic rings. The van der Waals surface area contributed by atoms with Crippen molar-refractivity contribution in [3.05, 3.63) is 0 Å². The summed E-state index contributed by atoms with van der Waals surface area (Å²) in [6.45, 7) is 3.32.